The lowest BCUT2D eigenvalue weighted by molar-refractivity contribution is -0.393. The molecule has 1 aromatic rings. The summed E-state index contributed by atoms with van der Waals surface area (Å²) in [5.41, 5.74) is 3.10. The van der Waals surface area contributed by atoms with Gasteiger partial charge in [0, 0.05) is 18.4 Å². The Bertz CT molecular complexity index is 829. The standard InChI is InChI=1S/C12H15BrN4O8S/c1-26(23,24)25-5-4-15(3-2-13)10-6-8(12(14)18)9(16(19)20)7-11(10)17(21)22/h6-7H,2-5H2,1H3,(H2,14,18). The Morgan fingerprint density at radius 2 is 1.81 bits per heavy atom. The van der Waals surface area contributed by atoms with Crippen LogP contribution < -0.4 is 10.6 Å². The third-order valence-electron chi connectivity index (χ3n) is 3.11. The van der Waals surface area contributed by atoms with Gasteiger partial charge in [-0.25, -0.2) is 0 Å². The van der Waals surface area contributed by atoms with Crippen molar-refractivity contribution in [3.8, 4) is 0 Å². The van der Waals surface area contributed by atoms with Crippen LogP contribution in [0.25, 0.3) is 0 Å². The summed E-state index contributed by atoms with van der Waals surface area (Å²) >= 11 is 3.16. The number of carbonyl (C=O) groups is 1. The van der Waals surface area contributed by atoms with Crippen molar-refractivity contribution < 1.29 is 27.2 Å². The molecule has 0 fully saturated rings. The molecule has 0 radical (unpaired) electrons. The number of nitrogens with two attached hydrogens (primary N) is 1. The lowest BCUT2D eigenvalue weighted by Gasteiger charge is -2.23. The van der Waals surface area contributed by atoms with E-state index >= 15 is 0 Å². The molecule has 0 saturated heterocycles. The first-order valence-electron chi connectivity index (χ1n) is 6.90. The third-order valence-corrected chi connectivity index (χ3v) is 4.05. The van der Waals surface area contributed by atoms with Gasteiger partial charge in [0.2, 0.25) is 0 Å². The van der Waals surface area contributed by atoms with Crippen molar-refractivity contribution in [2.75, 3.05) is 36.2 Å². The Morgan fingerprint density at radius 3 is 2.23 bits per heavy atom. The summed E-state index contributed by atoms with van der Waals surface area (Å²) < 4.78 is 26.7. The van der Waals surface area contributed by atoms with E-state index in [2.05, 4.69) is 20.1 Å². The van der Waals surface area contributed by atoms with Gasteiger partial charge >= 0.3 is 0 Å². The Morgan fingerprint density at radius 1 is 1.23 bits per heavy atom. The van der Waals surface area contributed by atoms with Crippen LogP contribution in [0.5, 0.6) is 0 Å². The molecular weight excluding hydrogens is 440 g/mol. The van der Waals surface area contributed by atoms with Gasteiger partial charge in [-0.05, 0) is 6.07 Å². The van der Waals surface area contributed by atoms with Crippen molar-refractivity contribution >= 4 is 49.0 Å². The van der Waals surface area contributed by atoms with Crippen molar-refractivity contribution in [2.24, 2.45) is 5.73 Å². The summed E-state index contributed by atoms with van der Waals surface area (Å²) in [6.45, 7) is -0.231. The maximum Gasteiger partial charge on any atom is 0.299 e. The predicted molar refractivity (Wildman–Crippen MR) is 95.1 cm³/mol. The quantitative estimate of drug-likeness (QED) is 0.231. The molecule has 2 N–H and O–H groups in total. The van der Waals surface area contributed by atoms with Gasteiger partial charge in [-0.1, -0.05) is 15.9 Å². The van der Waals surface area contributed by atoms with Crippen LogP contribution in [0.4, 0.5) is 17.1 Å². The van der Waals surface area contributed by atoms with E-state index < -0.39 is 42.8 Å². The van der Waals surface area contributed by atoms with Gasteiger partial charge < -0.3 is 10.6 Å². The highest BCUT2D eigenvalue weighted by molar-refractivity contribution is 9.09. The zero-order valence-corrected chi connectivity index (χ0v) is 15.9. The van der Waals surface area contributed by atoms with E-state index in [-0.39, 0.29) is 25.4 Å². The van der Waals surface area contributed by atoms with E-state index in [1.165, 1.54) is 4.90 Å². The van der Waals surface area contributed by atoms with Crippen LogP contribution in [0.1, 0.15) is 10.4 Å². The molecule has 14 heteroatoms. The highest BCUT2D eigenvalue weighted by Gasteiger charge is 2.29. The second-order valence-electron chi connectivity index (χ2n) is 4.94. The van der Waals surface area contributed by atoms with Crippen molar-refractivity contribution in [1.82, 2.24) is 0 Å². The van der Waals surface area contributed by atoms with Crippen molar-refractivity contribution in [3.05, 3.63) is 37.9 Å². The summed E-state index contributed by atoms with van der Waals surface area (Å²) in [7, 11) is -3.72. The first-order chi connectivity index (χ1) is 12.0. The fourth-order valence-corrected chi connectivity index (χ4v) is 2.87. The minimum Gasteiger partial charge on any atom is -0.365 e. The lowest BCUT2D eigenvalue weighted by Crippen LogP contribution is -2.31. The van der Waals surface area contributed by atoms with Crippen molar-refractivity contribution in [3.63, 3.8) is 0 Å². The smallest absolute Gasteiger partial charge is 0.299 e. The zero-order chi connectivity index (χ0) is 20.1. The fourth-order valence-electron chi connectivity index (χ4n) is 2.07. The molecule has 1 amide bonds. The summed E-state index contributed by atoms with van der Waals surface area (Å²) in [5.74, 6) is -1.13. The number of nitrogens with zero attached hydrogens (tertiary/aromatic N) is 3. The number of hydrogen-bond acceptors (Lipinski definition) is 9. The zero-order valence-electron chi connectivity index (χ0n) is 13.5. The van der Waals surface area contributed by atoms with Crippen LogP contribution in [-0.4, -0.2) is 55.5 Å². The van der Waals surface area contributed by atoms with Gasteiger partial charge in [0.15, 0.2) is 0 Å². The van der Waals surface area contributed by atoms with Crippen LogP contribution in [0.3, 0.4) is 0 Å². The first-order valence-corrected chi connectivity index (χ1v) is 9.83. The van der Waals surface area contributed by atoms with Gasteiger partial charge in [-0.15, -0.1) is 0 Å². The highest BCUT2D eigenvalue weighted by atomic mass is 79.9. The van der Waals surface area contributed by atoms with E-state index in [1.54, 1.807) is 0 Å². The molecule has 144 valence electrons. The minimum absolute atomic E-state index is 0.0878. The summed E-state index contributed by atoms with van der Waals surface area (Å²) in [5, 5.41) is 22.7. The molecule has 0 heterocycles. The molecule has 0 bridgehead atoms. The second kappa shape index (κ2) is 8.86. The molecule has 0 spiro atoms. The van der Waals surface area contributed by atoms with Crippen LogP contribution >= 0.6 is 15.9 Å². The molecule has 26 heavy (non-hydrogen) atoms. The topological polar surface area (TPSA) is 176 Å². The Balaban J connectivity index is 3.43. The molecule has 0 aliphatic carbocycles. The van der Waals surface area contributed by atoms with Crippen LogP contribution in [0.15, 0.2) is 12.1 Å². The SMILES string of the molecule is CS(=O)(=O)OCCN(CCBr)c1cc(C(N)=O)c([N+](=O)[O-])cc1[N+](=O)[O-]. The Hall–Kier alpha value is -2.32. The molecule has 12 nitrogen and oxygen atoms in total. The summed E-state index contributed by atoms with van der Waals surface area (Å²) in [4.78, 5) is 33.4. The number of amides is 1. The van der Waals surface area contributed by atoms with Gasteiger partial charge in [0.25, 0.3) is 27.4 Å². The second-order valence-corrected chi connectivity index (χ2v) is 7.38. The van der Waals surface area contributed by atoms with Gasteiger partial charge in [0.05, 0.1) is 28.8 Å². The van der Waals surface area contributed by atoms with E-state index in [4.69, 9.17) is 5.73 Å². The number of anilines is 1. The predicted octanol–water partition coefficient (Wildman–Crippen LogP) is 0.779. The monoisotopic (exact) mass is 454 g/mol. The molecule has 0 unspecified atom stereocenters. The molecule has 0 aliphatic rings. The van der Waals surface area contributed by atoms with Gasteiger partial charge in [-0.3, -0.25) is 29.2 Å². The molecule has 0 saturated carbocycles. The van der Waals surface area contributed by atoms with Gasteiger partial charge in [0.1, 0.15) is 11.3 Å². The number of halogens is 1. The number of rotatable bonds is 10. The fraction of sp³-hybridized carbons (Fsp3) is 0.417. The average Bonchev–Trinajstić information content (AvgIpc) is 2.51. The summed E-state index contributed by atoms with van der Waals surface area (Å²) in [6.07, 6.45) is 0.849. The molecular formula is C12H15BrN4O8S. The Labute approximate surface area is 156 Å². The van der Waals surface area contributed by atoms with Crippen molar-refractivity contribution in [2.45, 2.75) is 0 Å². The number of benzene rings is 1. The number of nitro benzene ring substituents is 2. The maximum absolute atomic E-state index is 11.5. The molecule has 1 rings (SSSR count). The largest absolute Gasteiger partial charge is 0.365 e. The number of hydrogen-bond donors (Lipinski definition) is 1. The number of carbonyl (C=O) groups excluding carboxylic acids is 1. The molecule has 0 aliphatic heterocycles. The number of nitro groups is 2. The van der Waals surface area contributed by atoms with Crippen LogP contribution in [-0.2, 0) is 14.3 Å². The summed E-state index contributed by atoms with van der Waals surface area (Å²) in [6, 6.07) is 1.59. The normalized spacial score (nSPS) is 11.2. The van der Waals surface area contributed by atoms with Gasteiger partial charge in [-0.2, -0.15) is 8.42 Å². The Kier molecular flexibility index (Phi) is 7.41. The highest BCUT2D eigenvalue weighted by Crippen LogP contribution is 2.35. The average molecular weight is 455 g/mol. The number of alkyl halides is 1. The molecule has 0 atom stereocenters. The minimum atomic E-state index is -3.72. The van der Waals surface area contributed by atoms with E-state index in [9.17, 15) is 33.4 Å². The number of primary amides is 1. The van der Waals surface area contributed by atoms with E-state index in [0.29, 0.717) is 11.4 Å². The third kappa shape index (κ3) is 5.89. The van der Waals surface area contributed by atoms with Crippen molar-refractivity contribution in [1.29, 1.82) is 0 Å². The molecule has 1 aromatic carbocycles. The first kappa shape index (κ1) is 21.7. The van der Waals surface area contributed by atoms with E-state index in [0.717, 1.165) is 12.3 Å². The van der Waals surface area contributed by atoms with Crippen LogP contribution in [0, 0.1) is 20.2 Å². The molecule has 0 aromatic heterocycles. The maximum atomic E-state index is 11.5. The lowest BCUT2D eigenvalue weighted by atomic mass is 10.1. The van der Waals surface area contributed by atoms with E-state index in [1.807, 2.05) is 0 Å². The van der Waals surface area contributed by atoms with Crippen LogP contribution in [0.2, 0.25) is 0 Å².